The molecule has 0 aliphatic carbocycles. The number of carbonyl (C=O) groups excluding carboxylic acids is 1. The molecule has 132 valence electrons. The SMILES string of the molecule is CCC(C)N(C)C(=O)c1cc2c(C)nn(Cc3ccc(Cl)cc3)c2s1. The second kappa shape index (κ2) is 7.18. The molecule has 0 N–H and O–H groups in total. The van der Waals surface area contributed by atoms with Gasteiger partial charge in [-0.15, -0.1) is 11.3 Å². The Hall–Kier alpha value is -1.85. The van der Waals surface area contributed by atoms with Crippen molar-refractivity contribution in [1.29, 1.82) is 0 Å². The van der Waals surface area contributed by atoms with Gasteiger partial charge in [0.15, 0.2) is 0 Å². The number of thiophene rings is 1. The number of aryl methyl sites for hydroxylation is 1. The summed E-state index contributed by atoms with van der Waals surface area (Å²) in [5.41, 5.74) is 2.08. The van der Waals surface area contributed by atoms with Crippen LogP contribution in [0, 0.1) is 6.92 Å². The Bertz CT molecular complexity index is 897. The molecule has 25 heavy (non-hydrogen) atoms. The fourth-order valence-electron chi connectivity index (χ4n) is 2.74. The third-order valence-corrected chi connectivity index (χ3v) is 6.02. The number of hydrogen-bond acceptors (Lipinski definition) is 3. The van der Waals surface area contributed by atoms with Crippen LogP contribution in [0.4, 0.5) is 0 Å². The lowest BCUT2D eigenvalue weighted by molar-refractivity contribution is 0.0745. The Labute approximate surface area is 157 Å². The van der Waals surface area contributed by atoms with Gasteiger partial charge in [0, 0.05) is 23.5 Å². The van der Waals surface area contributed by atoms with Gasteiger partial charge in [0.05, 0.1) is 17.1 Å². The molecular weight excluding hydrogens is 354 g/mol. The number of benzene rings is 1. The van der Waals surface area contributed by atoms with Gasteiger partial charge in [0.25, 0.3) is 5.91 Å². The number of amides is 1. The number of fused-ring (bicyclic) bond motifs is 1. The van der Waals surface area contributed by atoms with Crippen LogP contribution in [0.25, 0.3) is 10.2 Å². The molecule has 0 spiro atoms. The van der Waals surface area contributed by atoms with Crippen molar-refractivity contribution in [3.05, 3.63) is 51.5 Å². The van der Waals surface area contributed by atoms with Crippen molar-refractivity contribution in [1.82, 2.24) is 14.7 Å². The molecule has 4 nitrogen and oxygen atoms in total. The van der Waals surface area contributed by atoms with Crippen LogP contribution in [0.5, 0.6) is 0 Å². The van der Waals surface area contributed by atoms with Crippen molar-refractivity contribution in [2.75, 3.05) is 7.05 Å². The zero-order valence-electron chi connectivity index (χ0n) is 14.9. The number of aromatic nitrogens is 2. The molecule has 2 heterocycles. The average molecular weight is 376 g/mol. The van der Waals surface area contributed by atoms with E-state index in [4.69, 9.17) is 11.6 Å². The Morgan fingerprint density at radius 3 is 2.68 bits per heavy atom. The minimum atomic E-state index is 0.0768. The Morgan fingerprint density at radius 2 is 2.04 bits per heavy atom. The summed E-state index contributed by atoms with van der Waals surface area (Å²) in [6, 6.07) is 9.97. The van der Waals surface area contributed by atoms with Gasteiger partial charge in [-0.05, 0) is 44.0 Å². The van der Waals surface area contributed by atoms with E-state index < -0.39 is 0 Å². The number of rotatable bonds is 5. The maximum absolute atomic E-state index is 12.7. The van der Waals surface area contributed by atoms with Crippen LogP contribution in [0.2, 0.25) is 5.02 Å². The lowest BCUT2D eigenvalue weighted by Gasteiger charge is -2.23. The van der Waals surface area contributed by atoms with Gasteiger partial charge in [0.2, 0.25) is 0 Å². The third kappa shape index (κ3) is 3.58. The lowest BCUT2D eigenvalue weighted by Crippen LogP contribution is -2.34. The molecule has 0 radical (unpaired) electrons. The van der Waals surface area contributed by atoms with Gasteiger partial charge < -0.3 is 4.90 Å². The second-order valence-corrected chi connectivity index (χ2v) is 7.84. The summed E-state index contributed by atoms with van der Waals surface area (Å²) in [6.45, 7) is 6.81. The molecule has 0 aliphatic rings. The molecule has 0 saturated carbocycles. The number of carbonyl (C=O) groups is 1. The van der Waals surface area contributed by atoms with Crippen molar-refractivity contribution < 1.29 is 4.79 Å². The van der Waals surface area contributed by atoms with Crippen LogP contribution in [-0.2, 0) is 6.54 Å². The van der Waals surface area contributed by atoms with Gasteiger partial charge in [-0.3, -0.25) is 9.48 Å². The molecule has 0 fully saturated rings. The lowest BCUT2D eigenvalue weighted by atomic mass is 10.2. The predicted molar refractivity (Wildman–Crippen MR) is 105 cm³/mol. The number of nitrogens with zero attached hydrogens (tertiary/aromatic N) is 3. The average Bonchev–Trinajstić information content (AvgIpc) is 3.16. The van der Waals surface area contributed by atoms with E-state index in [1.165, 1.54) is 11.3 Å². The molecule has 2 aromatic heterocycles. The van der Waals surface area contributed by atoms with Crippen LogP contribution >= 0.6 is 22.9 Å². The molecule has 1 atom stereocenters. The monoisotopic (exact) mass is 375 g/mol. The van der Waals surface area contributed by atoms with Crippen molar-refractivity contribution in [2.24, 2.45) is 0 Å². The van der Waals surface area contributed by atoms with Gasteiger partial charge in [-0.25, -0.2) is 0 Å². The molecule has 3 rings (SSSR count). The summed E-state index contributed by atoms with van der Waals surface area (Å²) in [5.74, 6) is 0.0768. The quantitative estimate of drug-likeness (QED) is 0.630. The molecule has 0 bridgehead atoms. The minimum Gasteiger partial charge on any atom is -0.338 e. The van der Waals surface area contributed by atoms with Crippen LogP contribution in [0.1, 0.15) is 41.2 Å². The minimum absolute atomic E-state index is 0.0768. The standard InChI is InChI=1S/C19H22ClN3OS/c1-5-12(2)22(4)18(24)17-10-16-13(3)21-23(19(16)25-17)11-14-6-8-15(20)9-7-14/h6-10,12H,5,11H2,1-4H3. The first-order chi connectivity index (χ1) is 11.9. The summed E-state index contributed by atoms with van der Waals surface area (Å²) < 4.78 is 1.97. The number of halogens is 1. The first-order valence-electron chi connectivity index (χ1n) is 8.39. The van der Waals surface area contributed by atoms with Gasteiger partial charge in [0.1, 0.15) is 4.83 Å². The highest BCUT2D eigenvalue weighted by atomic mass is 35.5. The summed E-state index contributed by atoms with van der Waals surface area (Å²) >= 11 is 7.47. The summed E-state index contributed by atoms with van der Waals surface area (Å²) in [6.07, 6.45) is 0.941. The third-order valence-electron chi connectivity index (χ3n) is 4.64. The van der Waals surface area contributed by atoms with E-state index in [1.54, 1.807) is 0 Å². The molecule has 0 aliphatic heterocycles. The van der Waals surface area contributed by atoms with E-state index in [0.29, 0.717) is 6.54 Å². The van der Waals surface area contributed by atoms with E-state index in [2.05, 4.69) is 18.9 Å². The second-order valence-electron chi connectivity index (χ2n) is 6.37. The highest BCUT2D eigenvalue weighted by molar-refractivity contribution is 7.20. The van der Waals surface area contributed by atoms with Crippen LogP contribution in [0.15, 0.2) is 30.3 Å². The van der Waals surface area contributed by atoms with Crippen molar-refractivity contribution in [3.63, 3.8) is 0 Å². The van der Waals surface area contributed by atoms with E-state index in [9.17, 15) is 4.79 Å². The van der Waals surface area contributed by atoms with Crippen LogP contribution < -0.4 is 0 Å². The van der Waals surface area contributed by atoms with Gasteiger partial charge >= 0.3 is 0 Å². The molecule has 3 aromatic rings. The van der Waals surface area contributed by atoms with Gasteiger partial charge in [-0.2, -0.15) is 5.10 Å². The molecular formula is C19H22ClN3OS. The topological polar surface area (TPSA) is 38.1 Å². The maximum Gasteiger partial charge on any atom is 0.264 e. The fourth-order valence-corrected chi connectivity index (χ4v) is 4.01. The van der Waals surface area contributed by atoms with Crippen LogP contribution in [0.3, 0.4) is 0 Å². The highest BCUT2D eigenvalue weighted by Gasteiger charge is 2.21. The zero-order chi connectivity index (χ0) is 18.1. The van der Waals surface area contributed by atoms with Crippen molar-refractivity contribution >= 4 is 39.1 Å². The first-order valence-corrected chi connectivity index (χ1v) is 9.58. The summed E-state index contributed by atoms with van der Waals surface area (Å²) in [7, 11) is 1.87. The first kappa shape index (κ1) is 18.0. The highest BCUT2D eigenvalue weighted by Crippen LogP contribution is 2.30. The zero-order valence-corrected chi connectivity index (χ0v) is 16.5. The summed E-state index contributed by atoms with van der Waals surface area (Å²) in [4.78, 5) is 16.3. The van der Waals surface area contributed by atoms with E-state index in [1.807, 2.05) is 53.9 Å². The molecule has 1 aromatic carbocycles. The van der Waals surface area contributed by atoms with E-state index in [0.717, 1.165) is 37.8 Å². The predicted octanol–water partition coefficient (Wildman–Crippen LogP) is 4.98. The smallest absolute Gasteiger partial charge is 0.264 e. The Morgan fingerprint density at radius 1 is 1.36 bits per heavy atom. The van der Waals surface area contributed by atoms with Crippen LogP contribution in [-0.4, -0.2) is 33.7 Å². The Kier molecular flexibility index (Phi) is 5.16. The maximum atomic E-state index is 12.7. The number of hydrogen-bond donors (Lipinski definition) is 0. The normalized spacial score (nSPS) is 12.5. The van der Waals surface area contributed by atoms with E-state index in [-0.39, 0.29) is 11.9 Å². The largest absolute Gasteiger partial charge is 0.338 e. The van der Waals surface area contributed by atoms with E-state index >= 15 is 0 Å². The fraction of sp³-hybridized carbons (Fsp3) is 0.368. The molecule has 1 amide bonds. The van der Waals surface area contributed by atoms with Crippen molar-refractivity contribution in [2.45, 2.75) is 39.8 Å². The molecule has 6 heteroatoms. The molecule has 0 saturated heterocycles. The summed E-state index contributed by atoms with van der Waals surface area (Å²) in [5, 5.41) is 6.41. The Balaban J connectivity index is 1.93. The van der Waals surface area contributed by atoms with Crippen molar-refractivity contribution in [3.8, 4) is 0 Å². The van der Waals surface area contributed by atoms with Gasteiger partial charge in [-0.1, -0.05) is 30.7 Å². The molecule has 1 unspecified atom stereocenters.